The van der Waals surface area contributed by atoms with E-state index in [4.69, 9.17) is 5.73 Å². The first-order chi connectivity index (χ1) is 4.99. The molecule has 2 atom stereocenters. The third-order valence-corrected chi connectivity index (χ3v) is 4.51. The third-order valence-electron chi connectivity index (χ3n) is 1.96. The first kappa shape index (κ1) is 8.93. The van der Waals surface area contributed by atoms with Crippen LogP contribution in [0.2, 0.25) is 0 Å². The lowest BCUT2D eigenvalue weighted by molar-refractivity contribution is 0.595. The first-order valence-electron chi connectivity index (χ1n) is 3.50. The molecule has 0 heterocycles. The monoisotopic (exact) mass is 193 g/mol. The molecule has 1 aliphatic rings. The molecule has 0 aromatic heterocycles. The van der Waals surface area contributed by atoms with E-state index in [-0.39, 0.29) is 16.9 Å². The number of hydrogen-bond donors (Lipinski definition) is 1. The maximum atomic E-state index is 11.2. The van der Waals surface area contributed by atoms with Crippen molar-refractivity contribution in [1.29, 1.82) is 0 Å². The highest BCUT2D eigenvalue weighted by Crippen LogP contribution is 2.37. The van der Waals surface area contributed by atoms with Gasteiger partial charge in [0.2, 0.25) is 0 Å². The van der Waals surface area contributed by atoms with Gasteiger partial charge in [-0.05, 0) is 6.42 Å². The highest BCUT2D eigenvalue weighted by Gasteiger charge is 2.47. The molecule has 0 bridgehead atoms. The fourth-order valence-electron chi connectivity index (χ4n) is 1.08. The highest BCUT2D eigenvalue weighted by atomic mass is 32.2. The van der Waals surface area contributed by atoms with Gasteiger partial charge < -0.3 is 5.73 Å². The Kier molecular flexibility index (Phi) is 2.20. The molecule has 1 saturated carbocycles. The van der Waals surface area contributed by atoms with Crippen LogP contribution >= 0.6 is 12.2 Å². The van der Waals surface area contributed by atoms with Crippen molar-refractivity contribution in [3.8, 4) is 0 Å². The van der Waals surface area contributed by atoms with E-state index in [0.717, 1.165) is 0 Å². The van der Waals surface area contributed by atoms with Crippen molar-refractivity contribution in [1.82, 2.24) is 0 Å². The van der Waals surface area contributed by atoms with Crippen LogP contribution in [0.15, 0.2) is 0 Å². The van der Waals surface area contributed by atoms with Crippen LogP contribution in [0, 0.1) is 5.92 Å². The minimum absolute atomic E-state index is 0.0463. The van der Waals surface area contributed by atoms with Crippen LogP contribution in [0.4, 0.5) is 0 Å². The van der Waals surface area contributed by atoms with Gasteiger partial charge in [-0.1, -0.05) is 19.1 Å². The van der Waals surface area contributed by atoms with Crippen molar-refractivity contribution in [2.24, 2.45) is 11.7 Å². The Morgan fingerprint density at radius 2 is 2.27 bits per heavy atom. The van der Waals surface area contributed by atoms with Gasteiger partial charge in [0.15, 0.2) is 9.84 Å². The molecular formula is C6H11NO2S2. The minimum Gasteiger partial charge on any atom is -0.393 e. The fourth-order valence-corrected chi connectivity index (χ4v) is 3.00. The zero-order valence-electron chi connectivity index (χ0n) is 6.28. The molecule has 1 aliphatic carbocycles. The van der Waals surface area contributed by atoms with Crippen molar-refractivity contribution in [3.05, 3.63) is 0 Å². The summed E-state index contributed by atoms with van der Waals surface area (Å²) in [6.07, 6.45) is 0.630. The molecule has 3 nitrogen and oxygen atoms in total. The Hall–Kier alpha value is -0.160. The van der Waals surface area contributed by atoms with Gasteiger partial charge in [0.1, 0.15) is 0 Å². The van der Waals surface area contributed by atoms with E-state index in [1.54, 1.807) is 6.92 Å². The van der Waals surface area contributed by atoms with Crippen LogP contribution in [-0.4, -0.2) is 24.4 Å². The third kappa shape index (κ3) is 1.70. The van der Waals surface area contributed by atoms with Gasteiger partial charge in [-0.25, -0.2) is 8.42 Å². The molecule has 0 saturated heterocycles. The van der Waals surface area contributed by atoms with E-state index in [0.29, 0.717) is 11.4 Å². The average molecular weight is 193 g/mol. The van der Waals surface area contributed by atoms with E-state index < -0.39 is 9.84 Å². The molecule has 0 spiro atoms. The van der Waals surface area contributed by atoms with Crippen molar-refractivity contribution >= 4 is 27.0 Å². The van der Waals surface area contributed by atoms with Crippen LogP contribution in [0.5, 0.6) is 0 Å². The summed E-state index contributed by atoms with van der Waals surface area (Å²) in [7, 11) is -2.89. The van der Waals surface area contributed by atoms with Crippen molar-refractivity contribution in [2.45, 2.75) is 18.6 Å². The molecular weight excluding hydrogens is 182 g/mol. The predicted molar refractivity (Wildman–Crippen MR) is 48.1 cm³/mol. The topological polar surface area (TPSA) is 60.2 Å². The number of hydrogen-bond acceptors (Lipinski definition) is 3. The Labute approximate surface area is 71.9 Å². The Morgan fingerprint density at radius 1 is 1.73 bits per heavy atom. The smallest absolute Gasteiger partial charge is 0.153 e. The summed E-state index contributed by atoms with van der Waals surface area (Å²) < 4.78 is 22.3. The molecule has 0 radical (unpaired) electrons. The number of thiocarbonyl (C=S) groups is 1. The molecule has 0 aliphatic heterocycles. The van der Waals surface area contributed by atoms with Crippen LogP contribution in [0.25, 0.3) is 0 Å². The van der Waals surface area contributed by atoms with Crippen LogP contribution < -0.4 is 5.73 Å². The van der Waals surface area contributed by atoms with E-state index in [1.807, 2.05) is 0 Å². The molecule has 11 heavy (non-hydrogen) atoms. The van der Waals surface area contributed by atoms with Gasteiger partial charge in [-0.15, -0.1) is 0 Å². The lowest BCUT2D eigenvalue weighted by Crippen LogP contribution is -2.18. The van der Waals surface area contributed by atoms with Gasteiger partial charge in [0.25, 0.3) is 0 Å². The standard InChI is InChI=1S/C6H11NO2S2/c1-2-11(8,9)5-3-4(5)6(7)10/h4-5H,2-3H2,1H3,(H2,7,10)/t4-,5-/m1/s1. The van der Waals surface area contributed by atoms with E-state index in [9.17, 15) is 8.42 Å². The van der Waals surface area contributed by atoms with E-state index >= 15 is 0 Å². The molecule has 2 N–H and O–H groups in total. The summed E-state index contributed by atoms with van der Waals surface area (Å²) in [5.74, 6) is 0.145. The largest absolute Gasteiger partial charge is 0.393 e. The maximum absolute atomic E-state index is 11.2. The van der Waals surface area contributed by atoms with Crippen molar-refractivity contribution in [3.63, 3.8) is 0 Å². The van der Waals surface area contributed by atoms with E-state index in [1.165, 1.54) is 0 Å². The second kappa shape index (κ2) is 2.71. The van der Waals surface area contributed by atoms with Gasteiger partial charge in [-0.2, -0.15) is 0 Å². The molecule has 1 fully saturated rings. The summed E-state index contributed by atoms with van der Waals surface area (Å²) >= 11 is 4.69. The Morgan fingerprint density at radius 3 is 2.55 bits per heavy atom. The zero-order valence-corrected chi connectivity index (χ0v) is 7.91. The number of rotatable bonds is 3. The van der Waals surface area contributed by atoms with E-state index in [2.05, 4.69) is 12.2 Å². The lowest BCUT2D eigenvalue weighted by Gasteiger charge is -1.97. The molecule has 5 heteroatoms. The zero-order chi connectivity index (χ0) is 8.65. The SMILES string of the molecule is CCS(=O)(=O)[C@@H]1C[C@H]1C(N)=S. The van der Waals surface area contributed by atoms with Crippen LogP contribution in [0.1, 0.15) is 13.3 Å². The molecule has 0 aromatic carbocycles. The normalized spacial score (nSPS) is 29.9. The average Bonchev–Trinajstić information content (AvgIpc) is 2.65. The number of nitrogens with two attached hydrogens (primary N) is 1. The second-order valence-electron chi connectivity index (χ2n) is 2.73. The summed E-state index contributed by atoms with van der Waals surface area (Å²) in [5.41, 5.74) is 5.31. The number of sulfone groups is 1. The lowest BCUT2D eigenvalue weighted by atomic mass is 10.4. The summed E-state index contributed by atoms with van der Waals surface area (Å²) in [4.78, 5) is 0.340. The Balaban J connectivity index is 2.64. The van der Waals surface area contributed by atoms with Gasteiger partial charge >= 0.3 is 0 Å². The summed E-state index contributed by atoms with van der Waals surface area (Å²) in [5, 5.41) is -0.273. The van der Waals surface area contributed by atoms with Crippen LogP contribution in [-0.2, 0) is 9.84 Å². The fraction of sp³-hybridized carbons (Fsp3) is 0.833. The Bertz CT molecular complexity index is 270. The second-order valence-corrected chi connectivity index (χ2v) is 5.71. The molecule has 64 valence electrons. The predicted octanol–water partition coefficient (Wildman–Crippen LogP) is 0.0957. The highest BCUT2D eigenvalue weighted by molar-refractivity contribution is 7.92. The summed E-state index contributed by atoms with van der Waals surface area (Å²) in [6, 6.07) is 0. The first-order valence-corrected chi connectivity index (χ1v) is 5.62. The van der Waals surface area contributed by atoms with Gasteiger partial charge in [0, 0.05) is 11.7 Å². The quantitative estimate of drug-likeness (QED) is 0.646. The molecule has 0 unspecified atom stereocenters. The van der Waals surface area contributed by atoms with Gasteiger partial charge in [-0.3, -0.25) is 0 Å². The minimum atomic E-state index is -2.89. The molecule has 0 amide bonds. The van der Waals surface area contributed by atoms with Crippen LogP contribution in [0.3, 0.4) is 0 Å². The molecule has 1 rings (SSSR count). The maximum Gasteiger partial charge on any atom is 0.153 e. The van der Waals surface area contributed by atoms with Crippen molar-refractivity contribution in [2.75, 3.05) is 5.75 Å². The molecule has 0 aromatic rings. The summed E-state index contributed by atoms with van der Waals surface area (Å²) in [6.45, 7) is 1.64. The van der Waals surface area contributed by atoms with Crippen molar-refractivity contribution < 1.29 is 8.42 Å². The van der Waals surface area contributed by atoms with Gasteiger partial charge in [0.05, 0.1) is 10.2 Å².